The summed E-state index contributed by atoms with van der Waals surface area (Å²) in [6.07, 6.45) is 0.0132. The van der Waals surface area contributed by atoms with E-state index in [4.69, 9.17) is 28.1 Å². The molecule has 0 saturated heterocycles. The van der Waals surface area contributed by atoms with Gasteiger partial charge in [0.1, 0.15) is 17.5 Å². The molecule has 1 heterocycles. The number of aromatic nitrogens is 2. The highest BCUT2D eigenvalue weighted by molar-refractivity contribution is 9.10. The van der Waals surface area contributed by atoms with Gasteiger partial charge in [0.15, 0.2) is 5.84 Å². The molecule has 0 aliphatic heterocycles. The van der Waals surface area contributed by atoms with Crippen LogP contribution in [-0.4, -0.2) is 29.5 Å². The van der Waals surface area contributed by atoms with Crippen molar-refractivity contribution >= 4 is 50.0 Å². The summed E-state index contributed by atoms with van der Waals surface area (Å²) in [6, 6.07) is 10.5. The fraction of sp³-hybridized carbons (Fsp3) is 0.160. The smallest absolute Gasteiger partial charge is 0.266 e. The fourth-order valence-corrected chi connectivity index (χ4v) is 4.77. The zero-order valence-electron chi connectivity index (χ0n) is 19.8. The standard InChI is InChI=1S/C25H23BrClF2N7O/c1-32-22-20(6-5-17(27)21(22)23(31)35-33-2)36-24(18(30)9-12-7-14(28)11-15(29)8-12)34-19-10-13(26)3-4-16(19)25(36)37/h3-8,10-11,18,32-33H,9,30H2,1-2H3,(H2,31,35). The van der Waals surface area contributed by atoms with Crippen molar-refractivity contribution in [3.05, 3.63) is 97.0 Å². The number of fused-ring (bicyclic) bond motifs is 1. The molecule has 0 amide bonds. The van der Waals surface area contributed by atoms with Crippen LogP contribution in [0.1, 0.15) is 23.0 Å². The first-order valence-electron chi connectivity index (χ1n) is 11.1. The zero-order valence-corrected chi connectivity index (χ0v) is 22.2. The van der Waals surface area contributed by atoms with E-state index in [2.05, 4.69) is 31.8 Å². The summed E-state index contributed by atoms with van der Waals surface area (Å²) >= 11 is 9.86. The van der Waals surface area contributed by atoms with Crippen LogP contribution in [0, 0.1) is 11.6 Å². The lowest BCUT2D eigenvalue weighted by molar-refractivity contribution is 0.572. The van der Waals surface area contributed by atoms with E-state index >= 15 is 0 Å². The summed E-state index contributed by atoms with van der Waals surface area (Å²) < 4.78 is 29.8. The summed E-state index contributed by atoms with van der Waals surface area (Å²) in [4.78, 5) is 18.6. The lowest BCUT2D eigenvalue weighted by atomic mass is 10.0. The Kier molecular flexibility index (Phi) is 7.76. The first-order valence-corrected chi connectivity index (χ1v) is 12.2. The van der Waals surface area contributed by atoms with E-state index in [1.54, 1.807) is 44.4 Å². The van der Waals surface area contributed by atoms with Crippen molar-refractivity contribution in [2.75, 3.05) is 19.4 Å². The van der Waals surface area contributed by atoms with E-state index in [-0.39, 0.29) is 18.1 Å². The lowest BCUT2D eigenvalue weighted by Crippen LogP contribution is -2.30. The number of hydrazone groups is 1. The SMILES string of the molecule is CN/N=C(\N)c1c(Cl)ccc(-n2c(C(N)Cc3cc(F)cc(F)c3)nc3cc(Br)ccc3c2=O)c1NC. The first-order chi connectivity index (χ1) is 17.6. The van der Waals surface area contributed by atoms with Gasteiger partial charge in [0.25, 0.3) is 5.56 Å². The van der Waals surface area contributed by atoms with Crippen LogP contribution in [0.4, 0.5) is 14.5 Å². The molecule has 12 heteroatoms. The topological polar surface area (TPSA) is 123 Å². The highest BCUT2D eigenvalue weighted by Crippen LogP contribution is 2.32. The monoisotopic (exact) mass is 589 g/mol. The molecule has 8 nitrogen and oxygen atoms in total. The number of nitrogens with zero attached hydrogens (tertiary/aromatic N) is 3. The molecule has 0 spiro atoms. The van der Waals surface area contributed by atoms with Crippen LogP contribution in [0.25, 0.3) is 16.6 Å². The molecule has 0 aliphatic carbocycles. The van der Waals surface area contributed by atoms with Crippen molar-refractivity contribution in [2.45, 2.75) is 12.5 Å². The number of hydrogen-bond acceptors (Lipinski definition) is 6. The highest BCUT2D eigenvalue weighted by Gasteiger charge is 2.24. The number of nitrogens with two attached hydrogens (primary N) is 2. The maximum absolute atomic E-state index is 13.9. The molecule has 3 aromatic carbocycles. The second-order valence-electron chi connectivity index (χ2n) is 8.15. The minimum Gasteiger partial charge on any atom is -0.386 e. The lowest BCUT2D eigenvalue weighted by Gasteiger charge is -2.22. The number of rotatable bonds is 7. The Bertz CT molecular complexity index is 1570. The van der Waals surface area contributed by atoms with E-state index < -0.39 is 23.2 Å². The van der Waals surface area contributed by atoms with Crippen LogP contribution >= 0.6 is 27.5 Å². The molecule has 6 N–H and O–H groups in total. The van der Waals surface area contributed by atoms with Crippen LogP contribution in [-0.2, 0) is 6.42 Å². The van der Waals surface area contributed by atoms with Crippen LogP contribution in [0.5, 0.6) is 0 Å². The number of hydrogen-bond donors (Lipinski definition) is 4. The molecule has 192 valence electrons. The zero-order chi connectivity index (χ0) is 26.9. The van der Waals surface area contributed by atoms with Crippen molar-refractivity contribution in [3.8, 4) is 5.69 Å². The van der Waals surface area contributed by atoms with Crippen LogP contribution in [0.2, 0.25) is 5.02 Å². The molecule has 4 aromatic rings. The number of halogens is 4. The molecule has 1 aromatic heterocycles. The quantitative estimate of drug-likeness (QED) is 0.145. The van der Waals surface area contributed by atoms with Gasteiger partial charge in [-0.1, -0.05) is 27.5 Å². The van der Waals surface area contributed by atoms with Crippen LogP contribution in [0.3, 0.4) is 0 Å². The Morgan fingerprint density at radius 1 is 1.16 bits per heavy atom. The van der Waals surface area contributed by atoms with Crippen molar-refractivity contribution in [2.24, 2.45) is 16.6 Å². The summed E-state index contributed by atoms with van der Waals surface area (Å²) in [5.41, 5.74) is 16.8. The predicted molar refractivity (Wildman–Crippen MR) is 146 cm³/mol. The molecule has 1 atom stereocenters. The number of benzene rings is 3. The third-order valence-electron chi connectivity index (χ3n) is 5.68. The minimum atomic E-state index is -0.913. The van der Waals surface area contributed by atoms with Crippen molar-refractivity contribution in [3.63, 3.8) is 0 Å². The van der Waals surface area contributed by atoms with E-state index in [9.17, 15) is 13.6 Å². The van der Waals surface area contributed by atoms with Gasteiger partial charge in [-0.05, 0) is 54.4 Å². The van der Waals surface area contributed by atoms with Gasteiger partial charge >= 0.3 is 0 Å². The predicted octanol–water partition coefficient (Wildman–Crippen LogP) is 4.20. The third-order valence-corrected chi connectivity index (χ3v) is 6.49. The van der Waals surface area contributed by atoms with Gasteiger partial charge in [0.05, 0.1) is 38.9 Å². The van der Waals surface area contributed by atoms with Gasteiger partial charge in [-0.2, -0.15) is 5.10 Å². The Balaban J connectivity index is 2.02. The largest absolute Gasteiger partial charge is 0.386 e. The Labute approximate surface area is 224 Å². The molecular formula is C25H23BrClF2N7O. The summed E-state index contributed by atoms with van der Waals surface area (Å²) in [7, 11) is 3.24. The number of anilines is 1. The van der Waals surface area contributed by atoms with Crippen molar-refractivity contribution in [1.82, 2.24) is 15.0 Å². The van der Waals surface area contributed by atoms with Crippen molar-refractivity contribution in [1.29, 1.82) is 0 Å². The Morgan fingerprint density at radius 2 is 1.86 bits per heavy atom. The maximum atomic E-state index is 13.9. The van der Waals surface area contributed by atoms with E-state index in [0.717, 1.165) is 10.5 Å². The Hall–Kier alpha value is -3.54. The normalized spacial score (nSPS) is 12.6. The molecule has 0 fully saturated rings. The fourth-order valence-electron chi connectivity index (χ4n) is 4.16. The molecule has 4 rings (SSSR count). The summed E-state index contributed by atoms with van der Waals surface area (Å²) in [5, 5.41) is 7.72. The van der Waals surface area contributed by atoms with Gasteiger partial charge in [0.2, 0.25) is 0 Å². The first kappa shape index (κ1) is 26.5. The van der Waals surface area contributed by atoms with Crippen LogP contribution in [0.15, 0.2) is 62.9 Å². The maximum Gasteiger partial charge on any atom is 0.266 e. The van der Waals surface area contributed by atoms with E-state index in [0.29, 0.717) is 38.4 Å². The number of nitrogens with one attached hydrogen (secondary N) is 2. The van der Waals surface area contributed by atoms with Crippen LogP contribution < -0.4 is 27.8 Å². The molecule has 0 aliphatic rings. The van der Waals surface area contributed by atoms with E-state index in [1.165, 1.54) is 16.7 Å². The second-order valence-corrected chi connectivity index (χ2v) is 9.47. The highest BCUT2D eigenvalue weighted by atomic mass is 79.9. The average Bonchev–Trinajstić information content (AvgIpc) is 2.83. The second kappa shape index (κ2) is 10.8. The number of amidine groups is 1. The summed E-state index contributed by atoms with van der Waals surface area (Å²) in [5.74, 6) is -1.19. The van der Waals surface area contributed by atoms with Gasteiger partial charge in [0, 0.05) is 24.6 Å². The molecule has 0 bridgehead atoms. The minimum absolute atomic E-state index is 0.0132. The third kappa shape index (κ3) is 5.29. The molecule has 1 unspecified atom stereocenters. The van der Waals surface area contributed by atoms with Gasteiger partial charge in [-0.15, -0.1) is 0 Å². The van der Waals surface area contributed by atoms with Gasteiger partial charge in [-0.3, -0.25) is 9.36 Å². The average molecular weight is 591 g/mol. The van der Waals surface area contributed by atoms with Gasteiger partial charge in [-0.25, -0.2) is 13.8 Å². The van der Waals surface area contributed by atoms with Gasteiger partial charge < -0.3 is 22.2 Å². The molecule has 0 radical (unpaired) electrons. The van der Waals surface area contributed by atoms with E-state index in [1.807, 2.05) is 0 Å². The molecule has 37 heavy (non-hydrogen) atoms. The molecular weight excluding hydrogens is 568 g/mol. The van der Waals surface area contributed by atoms with Crippen molar-refractivity contribution < 1.29 is 8.78 Å². The summed E-state index contributed by atoms with van der Waals surface area (Å²) in [6.45, 7) is 0. The Morgan fingerprint density at radius 3 is 2.51 bits per heavy atom. The molecule has 0 saturated carbocycles.